The summed E-state index contributed by atoms with van der Waals surface area (Å²) in [6.45, 7) is 5.66. The number of hydrogen-bond acceptors (Lipinski definition) is 3. The molecule has 0 unspecified atom stereocenters. The third-order valence-corrected chi connectivity index (χ3v) is 4.47. The maximum Gasteiger partial charge on any atom is 0.245 e. The fraction of sp³-hybridized carbons (Fsp3) is 0.467. The quantitative estimate of drug-likeness (QED) is 0.866. The van der Waals surface area contributed by atoms with Crippen molar-refractivity contribution in [1.29, 1.82) is 0 Å². The molecule has 0 saturated carbocycles. The van der Waals surface area contributed by atoms with Gasteiger partial charge in [-0.1, -0.05) is 32.6 Å². The van der Waals surface area contributed by atoms with E-state index >= 15 is 0 Å². The molecule has 0 amide bonds. The van der Waals surface area contributed by atoms with Gasteiger partial charge in [0.05, 0.1) is 0 Å². The van der Waals surface area contributed by atoms with E-state index in [2.05, 4.69) is 11.8 Å². The van der Waals surface area contributed by atoms with Gasteiger partial charge in [0.15, 0.2) is 0 Å². The molecule has 21 heavy (non-hydrogen) atoms. The minimum atomic E-state index is -3.88. The van der Waals surface area contributed by atoms with Gasteiger partial charge in [0, 0.05) is 19.2 Å². The maximum atomic E-state index is 14.0. The van der Waals surface area contributed by atoms with Gasteiger partial charge in [0.1, 0.15) is 17.3 Å². The second kappa shape index (κ2) is 6.56. The Morgan fingerprint density at radius 2 is 1.95 bits per heavy atom. The van der Waals surface area contributed by atoms with E-state index in [9.17, 15) is 12.8 Å². The first-order valence-electron chi connectivity index (χ1n) is 6.43. The lowest BCUT2D eigenvalue weighted by Crippen LogP contribution is -2.34. The second-order valence-corrected chi connectivity index (χ2v) is 7.94. The minimum absolute atomic E-state index is 0.231. The van der Waals surface area contributed by atoms with Crippen LogP contribution in [0.2, 0.25) is 0 Å². The number of halogens is 1. The molecule has 1 N–H and O–H groups in total. The standard InChI is InChI=1S/C15H20FNO3S/c1-15(2,3)11-17(4)21(19,20)14-8-7-12(6-5-9-18)10-13(14)16/h7-8,10,18H,9,11H2,1-4H3. The van der Waals surface area contributed by atoms with Crippen molar-refractivity contribution < 1.29 is 17.9 Å². The van der Waals surface area contributed by atoms with Gasteiger partial charge < -0.3 is 5.11 Å². The summed E-state index contributed by atoms with van der Waals surface area (Å²) in [6, 6.07) is 3.68. The van der Waals surface area contributed by atoms with Crippen LogP contribution in [0, 0.1) is 23.1 Å². The fourth-order valence-electron chi connectivity index (χ4n) is 1.85. The Bertz CT molecular complexity index is 666. The average molecular weight is 313 g/mol. The molecule has 0 spiro atoms. The van der Waals surface area contributed by atoms with Crippen LogP contribution in [0.4, 0.5) is 4.39 Å². The first-order chi connectivity index (χ1) is 9.58. The van der Waals surface area contributed by atoms with E-state index in [1.807, 2.05) is 20.8 Å². The van der Waals surface area contributed by atoms with E-state index in [0.717, 1.165) is 10.4 Å². The monoisotopic (exact) mass is 313 g/mol. The largest absolute Gasteiger partial charge is 0.384 e. The molecule has 1 aromatic carbocycles. The van der Waals surface area contributed by atoms with Gasteiger partial charge in [-0.2, -0.15) is 0 Å². The molecule has 0 aliphatic rings. The number of rotatable bonds is 3. The van der Waals surface area contributed by atoms with Crippen molar-refractivity contribution >= 4 is 10.0 Å². The number of hydrogen-bond donors (Lipinski definition) is 1. The lowest BCUT2D eigenvalue weighted by Gasteiger charge is -2.26. The van der Waals surface area contributed by atoms with Gasteiger partial charge in [0.25, 0.3) is 0 Å². The third-order valence-electron chi connectivity index (χ3n) is 2.63. The first-order valence-corrected chi connectivity index (χ1v) is 7.87. The molecule has 0 aliphatic carbocycles. The van der Waals surface area contributed by atoms with Gasteiger partial charge in [-0.25, -0.2) is 17.1 Å². The summed E-state index contributed by atoms with van der Waals surface area (Å²) in [6.07, 6.45) is 0. The zero-order valence-corrected chi connectivity index (χ0v) is 13.5. The first kappa shape index (κ1) is 17.6. The molecule has 0 heterocycles. The van der Waals surface area contributed by atoms with Crippen LogP contribution in [0.5, 0.6) is 0 Å². The Morgan fingerprint density at radius 1 is 1.33 bits per heavy atom. The van der Waals surface area contributed by atoms with Crippen LogP contribution in [0.15, 0.2) is 23.1 Å². The van der Waals surface area contributed by atoms with Crippen molar-refractivity contribution in [3.63, 3.8) is 0 Å². The summed E-state index contributed by atoms with van der Waals surface area (Å²) >= 11 is 0. The molecule has 0 aliphatic heterocycles. The highest BCUT2D eigenvalue weighted by molar-refractivity contribution is 7.89. The molecule has 6 heteroatoms. The van der Waals surface area contributed by atoms with E-state index < -0.39 is 15.8 Å². The molecular weight excluding hydrogens is 293 g/mol. The molecule has 116 valence electrons. The highest BCUT2D eigenvalue weighted by Gasteiger charge is 2.27. The van der Waals surface area contributed by atoms with Gasteiger partial charge in [-0.15, -0.1) is 0 Å². The Kier molecular flexibility index (Phi) is 5.51. The lowest BCUT2D eigenvalue weighted by molar-refractivity contribution is 0.310. The molecule has 0 fully saturated rings. The van der Waals surface area contributed by atoms with Crippen molar-refractivity contribution in [3.05, 3.63) is 29.6 Å². The Hall–Kier alpha value is -1.42. The molecule has 0 radical (unpaired) electrons. The van der Waals surface area contributed by atoms with E-state index in [-0.39, 0.29) is 23.5 Å². The highest BCUT2D eigenvalue weighted by Crippen LogP contribution is 2.23. The second-order valence-electron chi connectivity index (χ2n) is 5.93. The van der Waals surface area contributed by atoms with Crippen LogP contribution in [-0.2, 0) is 10.0 Å². The zero-order valence-electron chi connectivity index (χ0n) is 12.6. The van der Waals surface area contributed by atoms with Crippen LogP contribution < -0.4 is 0 Å². The molecule has 1 rings (SSSR count). The summed E-state index contributed by atoms with van der Waals surface area (Å²) in [4.78, 5) is -0.371. The average Bonchev–Trinajstić information content (AvgIpc) is 2.34. The molecule has 0 aromatic heterocycles. The molecular formula is C15H20FNO3S. The van der Waals surface area contributed by atoms with Crippen LogP contribution in [0.1, 0.15) is 26.3 Å². The summed E-state index contributed by atoms with van der Waals surface area (Å²) in [5.41, 5.74) is 0.0872. The maximum absolute atomic E-state index is 14.0. The van der Waals surface area contributed by atoms with E-state index in [1.54, 1.807) is 0 Å². The van der Waals surface area contributed by atoms with Gasteiger partial charge in [0.2, 0.25) is 10.0 Å². The number of aliphatic hydroxyl groups excluding tert-OH is 1. The Morgan fingerprint density at radius 3 is 2.43 bits per heavy atom. The van der Waals surface area contributed by atoms with Crippen LogP contribution in [0.3, 0.4) is 0 Å². The number of aliphatic hydroxyl groups is 1. The predicted molar refractivity (Wildman–Crippen MR) is 79.6 cm³/mol. The van der Waals surface area contributed by atoms with Crippen molar-refractivity contribution in [1.82, 2.24) is 4.31 Å². The smallest absolute Gasteiger partial charge is 0.245 e. The van der Waals surface area contributed by atoms with Gasteiger partial charge in [-0.05, 0) is 23.6 Å². The van der Waals surface area contributed by atoms with Crippen molar-refractivity contribution in [3.8, 4) is 11.8 Å². The highest BCUT2D eigenvalue weighted by atomic mass is 32.2. The van der Waals surface area contributed by atoms with Gasteiger partial charge >= 0.3 is 0 Å². The van der Waals surface area contributed by atoms with Gasteiger partial charge in [-0.3, -0.25) is 0 Å². The van der Waals surface area contributed by atoms with Crippen molar-refractivity contribution in [2.24, 2.45) is 5.41 Å². The van der Waals surface area contributed by atoms with Crippen LogP contribution in [-0.4, -0.2) is 38.0 Å². The summed E-state index contributed by atoms with van der Waals surface area (Å²) < 4.78 is 39.9. The van der Waals surface area contributed by atoms with E-state index in [4.69, 9.17) is 5.11 Å². The summed E-state index contributed by atoms with van der Waals surface area (Å²) in [7, 11) is -2.45. The molecule has 1 aromatic rings. The number of sulfonamides is 1. The van der Waals surface area contributed by atoms with Crippen LogP contribution in [0.25, 0.3) is 0 Å². The van der Waals surface area contributed by atoms with Crippen molar-refractivity contribution in [2.45, 2.75) is 25.7 Å². The molecule has 0 bridgehead atoms. The number of nitrogens with zero attached hydrogens (tertiary/aromatic N) is 1. The van der Waals surface area contributed by atoms with Crippen LogP contribution >= 0.6 is 0 Å². The topological polar surface area (TPSA) is 57.6 Å². The Balaban J connectivity index is 3.15. The zero-order chi connectivity index (χ0) is 16.3. The minimum Gasteiger partial charge on any atom is -0.384 e. The molecule has 4 nitrogen and oxygen atoms in total. The van der Waals surface area contributed by atoms with E-state index in [1.165, 1.54) is 19.2 Å². The summed E-state index contributed by atoms with van der Waals surface area (Å²) in [5.74, 6) is 4.07. The predicted octanol–water partition coefficient (Wildman–Crippen LogP) is 1.84. The Labute approximate surface area is 125 Å². The number of benzene rings is 1. The van der Waals surface area contributed by atoms with Crippen molar-refractivity contribution in [2.75, 3.05) is 20.2 Å². The normalized spacial score (nSPS) is 12.1. The fourth-order valence-corrected chi connectivity index (χ4v) is 3.29. The lowest BCUT2D eigenvalue weighted by atomic mass is 9.97. The SMILES string of the molecule is CN(CC(C)(C)C)S(=O)(=O)c1ccc(C#CCO)cc1F. The summed E-state index contributed by atoms with van der Waals surface area (Å²) in [5, 5.41) is 8.59. The van der Waals surface area contributed by atoms with E-state index in [0.29, 0.717) is 5.56 Å². The molecule has 0 atom stereocenters. The molecule has 0 saturated heterocycles. The third kappa shape index (κ3) is 4.81.